The van der Waals surface area contributed by atoms with E-state index in [4.69, 9.17) is 4.74 Å². The summed E-state index contributed by atoms with van der Waals surface area (Å²) in [4.78, 5) is 11.7. The molecule has 2 aromatic carbocycles. The molecule has 0 saturated heterocycles. The van der Waals surface area contributed by atoms with E-state index in [1.54, 1.807) is 0 Å². The molecule has 0 spiro atoms. The van der Waals surface area contributed by atoms with Crippen LogP contribution in [0, 0.1) is 0 Å². The SMILES string of the molecule is CC(CNC(=O)OC(C)(C)C)Nc1cccc2ccccc12. The van der Waals surface area contributed by atoms with Crippen LogP contribution in [0.4, 0.5) is 10.5 Å². The van der Waals surface area contributed by atoms with Crippen molar-refractivity contribution in [2.45, 2.75) is 39.3 Å². The number of amides is 1. The van der Waals surface area contributed by atoms with Gasteiger partial charge < -0.3 is 15.4 Å². The smallest absolute Gasteiger partial charge is 0.407 e. The topological polar surface area (TPSA) is 50.4 Å². The molecular formula is C18H24N2O2. The quantitative estimate of drug-likeness (QED) is 0.891. The number of carbonyl (C=O) groups is 1. The van der Waals surface area contributed by atoms with E-state index in [0.717, 1.165) is 5.69 Å². The van der Waals surface area contributed by atoms with Crippen molar-refractivity contribution in [1.82, 2.24) is 5.32 Å². The van der Waals surface area contributed by atoms with Crippen LogP contribution >= 0.6 is 0 Å². The van der Waals surface area contributed by atoms with Crippen LogP contribution in [-0.4, -0.2) is 24.3 Å². The highest BCUT2D eigenvalue weighted by Gasteiger charge is 2.16. The largest absolute Gasteiger partial charge is 0.444 e. The van der Waals surface area contributed by atoms with Crippen molar-refractivity contribution in [2.24, 2.45) is 0 Å². The molecule has 0 saturated carbocycles. The molecule has 0 heterocycles. The first kappa shape index (κ1) is 16.1. The van der Waals surface area contributed by atoms with E-state index in [9.17, 15) is 4.79 Å². The number of benzene rings is 2. The second-order valence-electron chi connectivity index (χ2n) is 6.45. The van der Waals surface area contributed by atoms with E-state index in [0.29, 0.717) is 6.54 Å². The van der Waals surface area contributed by atoms with Crippen molar-refractivity contribution in [3.63, 3.8) is 0 Å². The van der Waals surface area contributed by atoms with E-state index >= 15 is 0 Å². The third kappa shape index (κ3) is 4.65. The van der Waals surface area contributed by atoms with Gasteiger partial charge in [-0.25, -0.2) is 4.79 Å². The summed E-state index contributed by atoms with van der Waals surface area (Å²) in [7, 11) is 0. The average molecular weight is 300 g/mol. The Labute approximate surface area is 131 Å². The predicted octanol–water partition coefficient (Wildman–Crippen LogP) is 4.16. The summed E-state index contributed by atoms with van der Waals surface area (Å²) in [6.45, 7) is 8.08. The van der Waals surface area contributed by atoms with E-state index in [-0.39, 0.29) is 12.1 Å². The minimum Gasteiger partial charge on any atom is -0.444 e. The lowest BCUT2D eigenvalue weighted by molar-refractivity contribution is 0.0526. The maximum atomic E-state index is 11.7. The van der Waals surface area contributed by atoms with Crippen LogP contribution in [0.5, 0.6) is 0 Å². The molecule has 2 rings (SSSR count). The number of hydrogen-bond acceptors (Lipinski definition) is 3. The fourth-order valence-corrected chi connectivity index (χ4v) is 2.22. The maximum Gasteiger partial charge on any atom is 0.407 e. The fourth-order valence-electron chi connectivity index (χ4n) is 2.22. The Balaban J connectivity index is 1.94. The standard InChI is InChI=1S/C18H24N2O2/c1-13(12-19-17(21)22-18(2,3)4)20-16-11-7-9-14-8-5-6-10-15(14)16/h5-11,13,20H,12H2,1-4H3,(H,19,21). The number of carbonyl (C=O) groups excluding carboxylic acids is 1. The Kier molecular flexibility index (Phi) is 4.91. The number of anilines is 1. The van der Waals surface area contributed by atoms with Gasteiger partial charge in [0.15, 0.2) is 0 Å². The molecule has 0 aliphatic rings. The molecule has 4 nitrogen and oxygen atoms in total. The van der Waals surface area contributed by atoms with Gasteiger partial charge in [0.05, 0.1) is 0 Å². The van der Waals surface area contributed by atoms with Crippen LogP contribution in [0.3, 0.4) is 0 Å². The van der Waals surface area contributed by atoms with Gasteiger partial charge in [0.25, 0.3) is 0 Å². The number of alkyl carbamates (subject to hydrolysis) is 1. The zero-order valence-corrected chi connectivity index (χ0v) is 13.6. The van der Waals surface area contributed by atoms with Gasteiger partial charge in [0.1, 0.15) is 5.60 Å². The first-order valence-electron chi connectivity index (χ1n) is 7.56. The monoisotopic (exact) mass is 300 g/mol. The maximum absolute atomic E-state index is 11.7. The Morgan fingerprint density at radius 1 is 1.14 bits per heavy atom. The zero-order valence-electron chi connectivity index (χ0n) is 13.6. The molecule has 22 heavy (non-hydrogen) atoms. The predicted molar refractivity (Wildman–Crippen MR) is 91.3 cm³/mol. The summed E-state index contributed by atoms with van der Waals surface area (Å²) in [6, 6.07) is 14.5. The molecule has 2 aromatic rings. The van der Waals surface area contributed by atoms with Gasteiger partial charge in [-0.15, -0.1) is 0 Å². The van der Waals surface area contributed by atoms with Crippen molar-refractivity contribution in [1.29, 1.82) is 0 Å². The van der Waals surface area contributed by atoms with Gasteiger partial charge in [-0.2, -0.15) is 0 Å². The van der Waals surface area contributed by atoms with Crippen molar-refractivity contribution < 1.29 is 9.53 Å². The highest BCUT2D eigenvalue weighted by molar-refractivity contribution is 5.93. The van der Waals surface area contributed by atoms with Crippen LogP contribution in [0.25, 0.3) is 10.8 Å². The lowest BCUT2D eigenvalue weighted by atomic mass is 10.1. The molecule has 1 unspecified atom stereocenters. The molecular weight excluding hydrogens is 276 g/mol. The van der Waals surface area contributed by atoms with Gasteiger partial charge in [-0.1, -0.05) is 36.4 Å². The molecule has 0 aliphatic heterocycles. The third-order valence-corrected chi connectivity index (χ3v) is 3.14. The summed E-state index contributed by atoms with van der Waals surface area (Å²) in [5.41, 5.74) is 0.590. The van der Waals surface area contributed by atoms with Crippen LogP contribution in [-0.2, 0) is 4.74 Å². The molecule has 118 valence electrons. The molecule has 0 bridgehead atoms. The molecule has 0 radical (unpaired) electrons. The Morgan fingerprint density at radius 3 is 2.55 bits per heavy atom. The summed E-state index contributed by atoms with van der Waals surface area (Å²) in [5.74, 6) is 0. The number of nitrogens with one attached hydrogen (secondary N) is 2. The lowest BCUT2D eigenvalue weighted by Crippen LogP contribution is -2.38. The van der Waals surface area contributed by atoms with Crippen molar-refractivity contribution >= 4 is 22.6 Å². The molecule has 0 aromatic heterocycles. The average Bonchev–Trinajstić information content (AvgIpc) is 2.44. The summed E-state index contributed by atoms with van der Waals surface area (Å²) >= 11 is 0. The summed E-state index contributed by atoms with van der Waals surface area (Å²) in [5, 5.41) is 8.59. The second kappa shape index (κ2) is 6.69. The molecule has 1 atom stereocenters. The number of ether oxygens (including phenoxy) is 1. The minimum absolute atomic E-state index is 0.0957. The van der Waals surface area contributed by atoms with Crippen LogP contribution in [0.15, 0.2) is 42.5 Å². The third-order valence-electron chi connectivity index (χ3n) is 3.14. The van der Waals surface area contributed by atoms with Crippen molar-refractivity contribution in [2.75, 3.05) is 11.9 Å². The molecule has 4 heteroatoms. The van der Waals surface area contributed by atoms with E-state index in [2.05, 4.69) is 28.8 Å². The Hall–Kier alpha value is -2.23. The molecule has 2 N–H and O–H groups in total. The molecule has 0 fully saturated rings. The van der Waals surface area contributed by atoms with Gasteiger partial charge in [-0.05, 0) is 39.1 Å². The van der Waals surface area contributed by atoms with Gasteiger partial charge >= 0.3 is 6.09 Å². The van der Waals surface area contributed by atoms with Crippen molar-refractivity contribution in [3.8, 4) is 0 Å². The lowest BCUT2D eigenvalue weighted by Gasteiger charge is -2.21. The van der Waals surface area contributed by atoms with Gasteiger partial charge in [0, 0.05) is 23.7 Å². The highest BCUT2D eigenvalue weighted by Crippen LogP contribution is 2.23. The Bertz CT molecular complexity index is 642. The Morgan fingerprint density at radius 2 is 1.82 bits per heavy atom. The number of rotatable bonds is 4. The van der Waals surface area contributed by atoms with E-state index in [1.807, 2.05) is 52.0 Å². The normalized spacial score (nSPS) is 12.7. The number of hydrogen-bond donors (Lipinski definition) is 2. The molecule has 0 aliphatic carbocycles. The van der Waals surface area contributed by atoms with E-state index in [1.165, 1.54) is 10.8 Å². The van der Waals surface area contributed by atoms with E-state index < -0.39 is 5.60 Å². The minimum atomic E-state index is -0.476. The fraction of sp³-hybridized carbons (Fsp3) is 0.389. The first-order valence-corrected chi connectivity index (χ1v) is 7.56. The summed E-state index contributed by atoms with van der Waals surface area (Å²) in [6.07, 6.45) is -0.390. The van der Waals surface area contributed by atoms with Crippen LogP contribution < -0.4 is 10.6 Å². The van der Waals surface area contributed by atoms with Crippen molar-refractivity contribution in [3.05, 3.63) is 42.5 Å². The molecule has 1 amide bonds. The zero-order chi connectivity index (χ0) is 16.2. The van der Waals surface area contributed by atoms with Crippen LogP contribution in [0.2, 0.25) is 0 Å². The van der Waals surface area contributed by atoms with Crippen LogP contribution in [0.1, 0.15) is 27.7 Å². The summed E-state index contributed by atoms with van der Waals surface area (Å²) < 4.78 is 5.23. The van der Waals surface area contributed by atoms with Gasteiger partial charge in [0.2, 0.25) is 0 Å². The number of fused-ring (bicyclic) bond motifs is 1. The highest BCUT2D eigenvalue weighted by atomic mass is 16.6. The first-order chi connectivity index (χ1) is 10.3. The van der Waals surface area contributed by atoms with Gasteiger partial charge in [-0.3, -0.25) is 0 Å². The second-order valence-corrected chi connectivity index (χ2v) is 6.45.